The second-order valence-electron chi connectivity index (χ2n) is 3.83. The van der Waals surface area contributed by atoms with E-state index in [1.807, 2.05) is 6.07 Å². The van der Waals surface area contributed by atoms with Gasteiger partial charge in [0.05, 0.1) is 24.2 Å². The first-order valence-corrected chi connectivity index (χ1v) is 5.51. The van der Waals surface area contributed by atoms with Gasteiger partial charge in [-0.3, -0.25) is 4.79 Å². The predicted octanol–water partition coefficient (Wildman–Crippen LogP) is 1.73. The van der Waals surface area contributed by atoms with E-state index in [-0.39, 0.29) is 6.42 Å². The Morgan fingerprint density at radius 3 is 3.17 bits per heavy atom. The zero-order valence-corrected chi connectivity index (χ0v) is 9.92. The fourth-order valence-electron chi connectivity index (χ4n) is 1.68. The number of furan rings is 1. The van der Waals surface area contributed by atoms with E-state index in [9.17, 15) is 4.79 Å². The fourth-order valence-corrected chi connectivity index (χ4v) is 1.68. The van der Waals surface area contributed by atoms with Crippen LogP contribution in [-0.4, -0.2) is 35.8 Å². The molecule has 2 rings (SSSR count). The summed E-state index contributed by atoms with van der Waals surface area (Å²) in [7, 11) is 1.49. The molecule has 2 N–H and O–H groups in total. The molecule has 1 unspecified atom stereocenters. The molecule has 2 heterocycles. The number of nitrogens with zero attached hydrogens (tertiary/aromatic N) is 1. The van der Waals surface area contributed by atoms with Crippen LogP contribution in [0.4, 0.5) is 5.82 Å². The molecule has 0 aromatic carbocycles. The molecule has 2 aromatic rings. The van der Waals surface area contributed by atoms with Gasteiger partial charge in [-0.1, -0.05) is 0 Å². The van der Waals surface area contributed by atoms with Crippen molar-refractivity contribution in [3.8, 4) is 0 Å². The molecule has 0 saturated heterocycles. The van der Waals surface area contributed by atoms with Gasteiger partial charge in [0.1, 0.15) is 11.4 Å². The number of carboxylic acids is 1. The van der Waals surface area contributed by atoms with Crippen LogP contribution in [0.1, 0.15) is 6.42 Å². The molecule has 0 radical (unpaired) electrons. The Morgan fingerprint density at radius 2 is 2.44 bits per heavy atom. The Hall–Kier alpha value is -2.08. The van der Waals surface area contributed by atoms with E-state index in [4.69, 9.17) is 14.3 Å². The number of hydrogen-bond donors (Lipinski definition) is 2. The van der Waals surface area contributed by atoms with Crippen LogP contribution < -0.4 is 5.32 Å². The maximum atomic E-state index is 10.6. The minimum atomic E-state index is -0.891. The zero-order chi connectivity index (χ0) is 13.0. The lowest BCUT2D eigenvalue weighted by atomic mass is 10.2. The van der Waals surface area contributed by atoms with Gasteiger partial charge in [-0.25, -0.2) is 4.98 Å². The van der Waals surface area contributed by atoms with Gasteiger partial charge in [-0.05, 0) is 12.1 Å². The van der Waals surface area contributed by atoms with Crippen molar-refractivity contribution in [2.24, 2.45) is 0 Å². The highest BCUT2D eigenvalue weighted by Crippen LogP contribution is 2.21. The van der Waals surface area contributed by atoms with Crippen LogP contribution in [0.3, 0.4) is 0 Å². The number of carbonyl (C=O) groups is 1. The lowest BCUT2D eigenvalue weighted by molar-refractivity contribution is -0.139. The summed E-state index contributed by atoms with van der Waals surface area (Å²) in [5.74, 6) is -0.230. The Bertz CT molecular complexity index is 538. The Kier molecular flexibility index (Phi) is 3.78. The molecule has 96 valence electrons. The van der Waals surface area contributed by atoms with Gasteiger partial charge in [0.25, 0.3) is 0 Å². The third-order valence-corrected chi connectivity index (χ3v) is 2.61. The first kappa shape index (κ1) is 12.4. The quantitative estimate of drug-likeness (QED) is 0.812. The second-order valence-corrected chi connectivity index (χ2v) is 3.83. The predicted molar refractivity (Wildman–Crippen MR) is 65.5 cm³/mol. The summed E-state index contributed by atoms with van der Waals surface area (Å²) >= 11 is 0. The molecule has 18 heavy (non-hydrogen) atoms. The maximum Gasteiger partial charge on any atom is 0.306 e. The number of nitrogens with one attached hydrogen (secondary N) is 1. The number of anilines is 1. The van der Waals surface area contributed by atoms with Crippen LogP contribution in [0.25, 0.3) is 11.0 Å². The van der Waals surface area contributed by atoms with Crippen molar-refractivity contribution in [1.29, 1.82) is 0 Å². The Balaban J connectivity index is 2.05. The number of aliphatic carboxylic acids is 1. The molecular formula is C12H14N2O4. The number of methoxy groups -OCH3 is 1. The van der Waals surface area contributed by atoms with Crippen molar-refractivity contribution in [2.75, 3.05) is 19.0 Å². The first-order chi connectivity index (χ1) is 8.70. The summed E-state index contributed by atoms with van der Waals surface area (Å²) in [4.78, 5) is 14.8. The van der Waals surface area contributed by atoms with Crippen molar-refractivity contribution in [3.05, 3.63) is 24.6 Å². The Morgan fingerprint density at radius 1 is 1.61 bits per heavy atom. The van der Waals surface area contributed by atoms with Crippen molar-refractivity contribution >= 4 is 22.8 Å². The van der Waals surface area contributed by atoms with Crippen molar-refractivity contribution in [3.63, 3.8) is 0 Å². The van der Waals surface area contributed by atoms with Crippen LogP contribution in [0, 0.1) is 0 Å². The molecule has 0 aliphatic carbocycles. The summed E-state index contributed by atoms with van der Waals surface area (Å²) < 4.78 is 10.3. The normalized spacial score (nSPS) is 12.5. The lowest BCUT2D eigenvalue weighted by Crippen LogP contribution is -2.25. The first-order valence-electron chi connectivity index (χ1n) is 5.51. The monoisotopic (exact) mass is 250 g/mol. The van der Waals surface area contributed by atoms with E-state index in [1.165, 1.54) is 7.11 Å². The molecular weight excluding hydrogens is 236 g/mol. The van der Waals surface area contributed by atoms with Crippen LogP contribution >= 0.6 is 0 Å². The highest BCUT2D eigenvalue weighted by molar-refractivity contribution is 5.87. The van der Waals surface area contributed by atoms with E-state index in [1.54, 1.807) is 18.5 Å². The molecule has 6 heteroatoms. The molecule has 6 nitrogen and oxygen atoms in total. The van der Waals surface area contributed by atoms with Gasteiger partial charge in [0, 0.05) is 19.9 Å². The van der Waals surface area contributed by atoms with Crippen molar-refractivity contribution < 1.29 is 19.1 Å². The number of fused-ring (bicyclic) bond motifs is 1. The summed E-state index contributed by atoms with van der Waals surface area (Å²) in [5.41, 5.74) is 0.736. The lowest BCUT2D eigenvalue weighted by Gasteiger charge is -2.14. The smallest absolute Gasteiger partial charge is 0.306 e. The van der Waals surface area contributed by atoms with Gasteiger partial charge in [0.15, 0.2) is 0 Å². The minimum absolute atomic E-state index is 0.0507. The largest absolute Gasteiger partial charge is 0.481 e. The van der Waals surface area contributed by atoms with Gasteiger partial charge in [-0.15, -0.1) is 0 Å². The Labute approximate surface area is 104 Å². The molecule has 0 saturated carbocycles. The highest BCUT2D eigenvalue weighted by Gasteiger charge is 2.13. The molecule has 0 amide bonds. The van der Waals surface area contributed by atoms with Crippen LogP contribution in [0.2, 0.25) is 0 Å². The van der Waals surface area contributed by atoms with Gasteiger partial charge >= 0.3 is 5.97 Å². The average molecular weight is 250 g/mol. The number of rotatable bonds is 6. The maximum absolute atomic E-state index is 10.6. The van der Waals surface area contributed by atoms with Crippen molar-refractivity contribution in [1.82, 2.24) is 4.98 Å². The SMILES string of the molecule is COC(CNc1nccc2occc12)CC(=O)O. The summed E-state index contributed by atoms with van der Waals surface area (Å²) in [6, 6.07) is 3.58. The summed E-state index contributed by atoms with van der Waals surface area (Å²) in [5, 5.41) is 12.6. The van der Waals surface area contributed by atoms with Gasteiger partial charge in [-0.2, -0.15) is 0 Å². The fraction of sp³-hybridized carbons (Fsp3) is 0.333. The molecule has 0 aliphatic rings. The zero-order valence-electron chi connectivity index (χ0n) is 9.92. The van der Waals surface area contributed by atoms with E-state index in [0.717, 1.165) is 11.0 Å². The number of aromatic nitrogens is 1. The van der Waals surface area contributed by atoms with Crippen LogP contribution in [0.5, 0.6) is 0 Å². The van der Waals surface area contributed by atoms with Crippen LogP contribution in [-0.2, 0) is 9.53 Å². The summed E-state index contributed by atoms with van der Waals surface area (Å²) in [6.07, 6.45) is 2.77. The van der Waals surface area contributed by atoms with E-state index in [0.29, 0.717) is 12.4 Å². The number of ether oxygens (including phenoxy) is 1. The van der Waals surface area contributed by atoms with E-state index in [2.05, 4.69) is 10.3 Å². The molecule has 0 spiro atoms. The third-order valence-electron chi connectivity index (χ3n) is 2.61. The third kappa shape index (κ3) is 2.78. The number of hydrogen-bond acceptors (Lipinski definition) is 5. The average Bonchev–Trinajstić information content (AvgIpc) is 2.82. The number of pyridine rings is 1. The van der Waals surface area contributed by atoms with E-state index < -0.39 is 12.1 Å². The highest BCUT2D eigenvalue weighted by atomic mass is 16.5. The molecule has 0 fully saturated rings. The second kappa shape index (κ2) is 5.50. The van der Waals surface area contributed by atoms with Gasteiger partial charge < -0.3 is 19.6 Å². The molecule has 0 aliphatic heterocycles. The summed E-state index contributed by atoms with van der Waals surface area (Å²) in [6.45, 7) is 0.375. The minimum Gasteiger partial charge on any atom is -0.481 e. The molecule has 1 atom stereocenters. The van der Waals surface area contributed by atoms with Crippen molar-refractivity contribution in [2.45, 2.75) is 12.5 Å². The molecule has 0 bridgehead atoms. The topological polar surface area (TPSA) is 84.6 Å². The molecule has 2 aromatic heterocycles. The van der Waals surface area contributed by atoms with Gasteiger partial charge in [0.2, 0.25) is 0 Å². The van der Waals surface area contributed by atoms with Crippen LogP contribution in [0.15, 0.2) is 29.0 Å². The number of carboxylic acid groups (broad SMARTS) is 1. The standard InChI is InChI=1S/C12H14N2O4/c1-17-8(6-11(15)16)7-14-12-9-3-5-18-10(9)2-4-13-12/h2-5,8H,6-7H2,1H3,(H,13,14)(H,15,16). The van der Waals surface area contributed by atoms with E-state index >= 15 is 0 Å².